The molecule has 0 saturated carbocycles. The van der Waals surface area contributed by atoms with Gasteiger partial charge in [-0.2, -0.15) is 0 Å². The van der Waals surface area contributed by atoms with Crippen LogP contribution in [0.4, 0.5) is 0 Å². The third-order valence-electron chi connectivity index (χ3n) is 6.84. The van der Waals surface area contributed by atoms with E-state index in [1.165, 1.54) is 5.56 Å². The lowest BCUT2D eigenvalue weighted by atomic mass is 9.99. The third-order valence-corrected chi connectivity index (χ3v) is 7.21. The smallest absolute Gasteiger partial charge is 0.243 e. The van der Waals surface area contributed by atoms with Gasteiger partial charge in [0.15, 0.2) is 0 Å². The van der Waals surface area contributed by atoms with Crippen LogP contribution in [-0.4, -0.2) is 28.8 Å². The summed E-state index contributed by atoms with van der Waals surface area (Å²) in [5.41, 5.74) is 4.22. The van der Waals surface area contributed by atoms with Gasteiger partial charge in [0.05, 0.1) is 0 Å². The molecule has 0 aliphatic heterocycles. The van der Waals surface area contributed by atoms with E-state index in [9.17, 15) is 9.59 Å². The van der Waals surface area contributed by atoms with Crippen molar-refractivity contribution in [2.75, 3.05) is 0 Å². The quantitative estimate of drug-likeness (QED) is 0.282. The zero-order chi connectivity index (χ0) is 26.8. The van der Waals surface area contributed by atoms with Crippen molar-refractivity contribution in [2.45, 2.75) is 77.9 Å². The number of rotatable bonds is 12. The lowest BCUT2D eigenvalue weighted by Crippen LogP contribution is -2.52. The van der Waals surface area contributed by atoms with Gasteiger partial charge in [0.1, 0.15) is 6.04 Å². The molecule has 0 aliphatic rings. The average molecular weight is 519 g/mol. The number of hydrogen-bond donors (Lipinski definition) is 1. The minimum atomic E-state index is -0.650. The zero-order valence-corrected chi connectivity index (χ0v) is 23.2. The van der Waals surface area contributed by atoms with Gasteiger partial charge in [-0.1, -0.05) is 105 Å². The molecule has 0 bridgehead atoms. The zero-order valence-electron chi connectivity index (χ0n) is 22.4. The average Bonchev–Trinajstić information content (AvgIpc) is 2.90. The summed E-state index contributed by atoms with van der Waals surface area (Å²) in [5, 5.41) is 3.70. The molecule has 0 aromatic heterocycles. The number of benzene rings is 3. The van der Waals surface area contributed by atoms with Crippen molar-refractivity contribution in [1.29, 1.82) is 0 Å². The van der Waals surface area contributed by atoms with Crippen LogP contribution in [0.2, 0.25) is 5.02 Å². The number of carbonyl (C=O) groups excluding carboxylic acids is 2. The highest BCUT2D eigenvalue weighted by atomic mass is 35.5. The van der Waals surface area contributed by atoms with E-state index in [2.05, 4.69) is 43.4 Å². The van der Waals surface area contributed by atoms with Crippen LogP contribution in [0.5, 0.6) is 0 Å². The van der Waals surface area contributed by atoms with Crippen LogP contribution in [0.25, 0.3) is 0 Å². The predicted molar refractivity (Wildman–Crippen MR) is 153 cm³/mol. The molecular formula is C32H39ClN2O2. The Morgan fingerprint density at radius 1 is 0.865 bits per heavy atom. The Balaban J connectivity index is 1.90. The van der Waals surface area contributed by atoms with Crippen LogP contribution in [0.3, 0.4) is 0 Å². The van der Waals surface area contributed by atoms with Gasteiger partial charge in [0.2, 0.25) is 11.8 Å². The SMILES string of the molecule is CC[C@H](C)NC(=O)[C@H](Cc1ccccc1)N(Cc1ccccc1Cl)C(=O)CCc1ccc(C(C)C)cc1. The van der Waals surface area contributed by atoms with Crippen molar-refractivity contribution in [3.63, 3.8) is 0 Å². The van der Waals surface area contributed by atoms with Crippen molar-refractivity contribution < 1.29 is 9.59 Å². The molecule has 0 aliphatic carbocycles. The maximum absolute atomic E-state index is 13.8. The fraction of sp³-hybridized carbons (Fsp3) is 0.375. The van der Waals surface area contributed by atoms with Gasteiger partial charge in [-0.15, -0.1) is 0 Å². The van der Waals surface area contributed by atoms with Gasteiger partial charge in [-0.05, 0) is 54.0 Å². The summed E-state index contributed by atoms with van der Waals surface area (Å²) in [6, 6.07) is 25.2. The summed E-state index contributed by atoms with van der Waals surface area (Å²) in [6.07, 6.45) is 2.17. The first-order valence-electron chi connectivity index (χ1n) is 13.2. The van der Waals surface area contributed by atoms with Crippen molar-refractivity contribution in [2.24, 2.45) is 0 Å². The van der Waals surface area contributed by atoms with Gasteiger partial charge in [-0.3, -0.25) is 9.59 Å². The third kappa shape index (κ3) is 8.46. The van der Waals surface area contributed by atoms with Gasteiger partial charge < -0.3 is 10.2 Å². The first kappa shape index (κ1) is 28.5. The lowest BCUT2D eigenvalue weighted by molar-refractivity contribution is -0.141. The molecule has 0 unspecified atom stereocenters. The number of amides is 2. The molecule has 1 N–H and O–H groups in total. The van der Waals surface area contributed by atoms with E-state index in [0.29, 0.717) is 30.2 Å². The molecule has 0 heterocycles. The topological polar surface area (TPSA) is 49.4 Å². The number of aryl methyl sites for hydroxylation is 1. The van der Waals surface area contributed by atoms with Crippen LogP contribution in [-0.2, 0) is 29.0 Å². The second kappa shape index (κ2) is 14.0. The van der Waals surface area contributed by atoms with Crippen LogP contribution < -0.4 is 5.32 Å². The molecule has 0 fully saturated rings. The summed E-state index contributed by atoms with van der Waals surface area (Å²) >= 11 is 6.50. The Kier molecular flexibility index (Phi) is 10.8. The van der Waals surface area contributed by atoms with Crippen LogP contribution in [0.1, 0.15) is 68.7 Å². The molecule has 2 amide bonds. The lowest BCUT2D eigenvalue weighted by Gasteiger charge is -2.32. The minimum absolute atomic E-state index is 0.0162. The molecule has 196 valence electrons. The second-order valence-corrected chi connectivity index (χ2v) is 10.4. The molecule has 0 radical (unpaired) electrons. The fourth-order valence-electron chi connectivity index (χ4n) is 4.27. The highest BCUT2D eigenvalue weighted by molar-refractivity contribution is 6.31. The first-order chi connectivity index (χ1) is 17.8. The molecule has 4 nitrogen and oxygen atoms in total. The summed E-state index contributed by atoms with van der Waals surface area (Å²) in [7, 11) is 0. The Bertz CT molecular complexity index is 1140. The van der Waals surface area contributed by atoms with E-state index in [0.717, 1.165) is 23.1 Å². The maximum atomic E-state index is 13.8. The molecule has 0 spiro atoms. The molecule has 3 aromatic rings. The highest BCUT2D eigenvalue weighted by Gasteiger charge is 2.31. The van der Waals surface area contributed by atoms with Crippen molar-refractivity contribution in [1.82, 2.24) is 10.2 Å². The van der Waals surface area contributed by atoms with Crippen molar-refractivity contribution in [3.8, 4) is 0 Å². The summed E-state index contributed by atoms with van der Waals surface area (Å²) < 4.78 is 0. The number of halogens is 1. The molecule has 0 saturated heterocycles. The van der Waals surface area contributed by atoms with Gasteiger partial charge >= 0.3 is 0 Å². The van der Waals surface area contributed by atoms with Crippen LogP contribution in [0, 0.1) is 0 Å². The summed E-state index contributed by atoms with van der Waals surface area (Å²) in [4.78, 5) is 29.1. The Labute approximate surface area is 227 Å². The van der Waals surface area contributed by atoms with Crippen LogP contribution >= 0.6 is 11.6 Å². The standard InChI is InChI=1S/C32H39ClN2O2/c1-5-24(4)34-32(37)30(21-26-11-7-6-8-12-26)35(22-28-13-9-10-14-29(28)33)31(36)20-17-25-15-18-27(19-16-25)23(2)3/h6-16,18-19,23-24,30H,5,17,20-22H2,1-4H3,(H,34,37)/t24-,30-/m0/s1. The van der Waals surface area contributed by atoms with Crippen molar-refractivity contribution in [3.05, 3.63) is 106 Å². The number of carbonyl (C=O) groups is 2. The van der Waals surface area contributed by atoms with Gasteiger partial charge in [0, 0.05) is 30.5 Å². The molecule has 2 atom stereocenters. The fourth-order valence-corrected chi connectivity index (χ4v) is 4.46. The second-order valence-electron chi connectivity index (χ2n) is 10.0. The van der Waals surface area contributed by atoms with E-state index >= 15 is 0 Å². The first-order valence-corrected chi connectivity index (χ1v) is 13.6. The van der Waals surface area contributed by atoms with E-state index < -0.39 is 6.04 Å². The summed E-state index contributed by atoms with van der Waals surface area (Å²) in [5.74, 6) is 0.262. The Morgan fingerprint density at radius 2 is 1.51 bits per heavy atom. The van der Waals surface area contributed by atoms with E-state index in [1.54, 1.807) is 4.90 Å². The minimum Gasteiger partial charge on any atom is -0.352 e. The number of nitrogens with zero attached hydrogens (tertiary/aromatic N) is 1. The van der Waals surface area contributed by atoms with Gasteiger partial charge in [-0.25, -0.2) is 0 Å². The molecule has 37 heavy (non-hydrogen) atoms. The molecule has 5 heteroatoms. The van der Waals surface area contributed by atoms with Gasteiger partial charge in [0.25, 0.3) is 0 Å². The largest absolute Gasteiger partial charge is 0.352 e. The van der Waals surface area contributed by atoms with E-state index in [4.69, 9.17) is 11.6 Å². The monoisotopic (exact) mass is 518 g/mol. The number of nitrogens with one attached hydrogen (secondary N) is 1. The normalized spacial score (nSPS) is 12.7. The van der Waals surface area contributed by atoms with Crippen LogP contribution in [0.15, 0.2) is 78.9 Å². The molecular weight excluding hydrogens is 480 g/mol. The predicted octanol–water partition coefficient (Wildman–Crippen LogP) is 6.95. The van der Waals surface area contributed by atoms with Crippen molar-refractivity contribution >= 4 is 23.4 Å². The Morgan fingerprint density at radius 3 is 2.14 bits per heavy atom. The maximum Gasteiger partial charge on any atom is 0.243 e. The highest BCUT2D eigenvalue weighted by Crippen LogP contribution is 2.22. The summed E-state index contributed by atoms with van der Waals surface area (Å²) in [6.45, 7) is 8.63. The van der Waals surface area contributed by atoms with E-state index in [-0.39, 0.29) is 24.4 Å². The number of hydrogen-bond acceptors (Lipinski definition) is 2. The molecule has 3 aromatic carbocycles. The molecule has 3 rings (SSSR count). The Hall–Kier alpha value is -3.11. The van der Waals surface area contributed by atoms with E-state index in [1.807, 2.05) is 68.4 Å².